The van der Waals surface area contributed by atoms with Crippen LogP contribution in [0.1, 0.15) is 41.5 Å². The van der Waals surface area contributed by atoms with Gasteiger partial charge in [0.05, 0.1) is 12.1 Å². The predicted molar refractivity (Wildman–Crippen MR) is 88.6 cm³/mol. The van der Waals surface area contributed by atoms with E-state index in [1.54, 1.807) is 19.2 Å². The molecule has 1 aliphatic carbocycles. The summed E-state index contributed by atoms with van der Waals surface area (Å²) in [6.07, 6.45) is 6.90. The summed E-state index contributed by atoms with van der Waals surface area (Å²) in [4.78, 5) is 4.33. The third kappa shape index (κ3) is 3.32. The second-order valence-electron chi connectivity index (χ2n) is 6.04. The van der Waals surface area contributed by atoms with Gasteiger partial charge in [-0.1, -0.05) is 34.1 Å². The van der Waals surface area contributed by atoms with Crippen LogP contribution < -0.4 is 0 Å². The molecular formula is C18H19BrFNO. The molecular weight excluding hydrogens is 345 g/mol. The van der Waals surface area contributed by atoms with E-state index in [0.29, 0.717) is 11.5 Å². The minimum atomic E-state index is -0.121. The molecule has 0 fully saturated rings. The average molecular weight is 364 g/mol. The third-order valence-corrected chi connectivity index (χ3v) is 5.04. The summed E-state index contributed by atoms with van der Waals surface area (Å²) in [7, 11) is 0. The van der Waals surface area contributed by atoms with Crippen molar-refractivity contribution in [2.24, 2.45) is 5.92 Å². The monoisotopic (exact) mass is 363 g/mol. The number of hydrogen-bond donors (Lipinski definition) is 0. The smallest absolute Gasteiger partial charge is 0.202 e. The first kappa shape index (κ1) is 15.5. The van der Waals surface area contributed by atoms with Crippen LogP contribution >= 0.6 is 15.9 Å². The van der Waals surface area contributed by atoms with Crippen molar-refractivity contribution in [3.8, 4) is 0 Å². The Labute approximate surface area is 138 Å². The Kier molecular flexibility index (Phi) is 4.48. The van der Waals surface area contributed by atoms with Gasteiger partial charge in [0.25, 0.3) is 0 Å². The molecule has 0 saturated heterocycles. The van der Waals surface area contributed by atoms with Crippen molar-refractivity contribution in [2.45, 2.75) is 39.0 Å². The van der Waals surface area contributed by atoms with E-state index in [1.807, 2.05) is 19.1 Å². The van der Waals surface area contributed by atoms with Crippen LogP contribution in [0.3, 0.4) is 0 Å². The summed E-state index contributed by atoms with van der Waals surface area (Å²) in [6, 6.07) is 5.52. The van der Waals surface area contributed by atoms with Crippen molar-refractivity contribution in [3.05, 3.63) is 63.5 Å². The van der Waals surface area contributed by atoms with E-state index in [9.17, 15) is 4.39 Å². The lowest BCUT2D eigenvalue weighted by Gasteiger charge is -2.24. The molecule has 0 radical (unpaired) electrons. The highest BCUT2D eigenvalue weighted by molar-refractivity contribution is 9.11. The minimum absolute atomic E-state index is 0.121. The predicted octanol–water partition coefficient (Wildman–Crippen LogP) is 5.45. The molecule has 1 aromatic carbocycles. The second kappa shape index (κ2) is 6.37. The van der Waals surface area contributed by atoms with Gasteiger partial charge in [-0.2, -0.15) is 0 Å². The van der Waals surface area contributed by atoms with Gasteiger partial charge in [0.2, 0.25) is 5.89 Å². The normalized spacial score (nSPS) is 21.7. The number of rotatable bonds is 3. The lowest BCUT2D eigenvalue weighted by atomic mass is 9.85. The quantitative estimate of drug-likeness (QED) is 0.724. The van der Waals surface area contributed by atoms with Crippen LogP contribution in [0, 0.1) is 25.6 Å². The van der Waals surface area contributed by atoms with E-state index < -0.39 is 0 Å². The molecule has 4 heteroatoms. The molecule has 0 saturated carbocycles. The highest BCUT2D eigenvalue weighted by Crippen LogP contribution is 2.39. The van der Waals surface area contributed by atoms with Crippen LogP contribution in [0.2, 0.25) is 0 Å². The number of hydrogen-bond acceptors (Lipinski definition) is 2. The summed E-state index contributed by atoms with van der Waals surface area (Å²) in [5.41, 5.74) is 1.75. The average Bonchev–Trinajstić information content (AvgIpc) is 2.89. The van der Waals surface area contributed by atoms with Crippen molar-refractivity contribution < 1.29 is 8.81 Å². The largest absolute Gasteiger partial charge is 0.445 e. The molecule has 2 atom stereocenters. The van der Waals surface area contributed by atoms with Crippen LogP contribution in [0.4, 0.5) is 4.39 Å². The van der Waals surface area contributed by atoms with Gasteiger partial charge >= 0.3 is 0 Å². The van der Waals surface area contributed by atoms with E-state index in [-0.39, 0.29) is 11.7 Å². The van der Waals surface area contributed by atoms with E-state index >= 15 is 0 Å². The third-order valence-electron chi connectivity index (χ3n) is 4.23. The summed E-state index contributed by atoms with van der Waals surface area (Å²) in [5, 5.41) is 0. The number of benzene rings is 1. The Morgan fingerprint density at radius 1 is 1.32 bits per heavy atom. The first-order valence-corrected chi connectivity index (χ1v) is 8.37. The number of aryl methyl sites for hydroxylation is 2. The Morgan fingerprint density at radius 3 is 2.77 bits per heavy atom. The summed E-state index contributed by atoms with van der Waals surface area (Å²) in [5.74, 6) is 2.13. The van der Waals surface area contributed by atoms with Crippen molar-refractivity contribution in [1.82, 2.24) is 4.98 Å². The topological polar surface area (TPSA) is 26.0 Å². The first-order valence-electron chi connectivity index (χ1n) is 7.57. The number of halogens is 2. The van der Waals surface area contributed by atoms with E-state index in [0.717, 1.165) is 41.0 Å². The van der Waals surface area contributed by atoms with Gasteiger partial charge < -0.3 is 4.42 Å². The molecule has 2 unspecified atom stereocenters. The molecule has 1 heterocycles. The fraction of sp³-hybridized carbons (Fsp3) is 0.389. The van der Waals surface area contributed by atoms with Gasteiger partial charge in [0.1, 0.15) is 11.6 Å². The van der Waals surface area contributed by atoms with Crippen LogP contribution in [0.25, 0.3) is 0 Å². The van der Waals surface area contributed by atoms with E-state index in [1.165, 1.54) is 0 Å². The summed E-state index contributed by atoms with van der Waals surface area (Å²) < 4.78 is 20.4. The van der Waals surface area contributed by atoms with Gasteiger partial charge in [-0.3, -0.25) is 0 Å². The zero-order valence-electron chi connectivity index (χ0n) is 12.8. The molecule has 1 aliphatic rings. The maximum atomic E-state index is 13.7. The Balaban J connectivity index is 1.72. The SMILES string of the molecule is Cc1cnc(C2CCC(Cc3ccc(C)c(F)c3)C=C2Br)o1. The van der Waals surface area contributed by atoms with Crippen molar-refractivity contribution >= 4 is 15.9 Å². The minimum Gasteiger partial charge on any atom is -0.445 e. The Hall–Kier alpha value is -1.42. The molecule has 0 amide bonds. The maximum Gasteiger partial charge on any atom is 0.202 e. The zero-order chi connectivity index (χ0) is 15.7. The summed E-state index contributed by atoms with van der Waals surface area (Å²) in [6.45, 7) is 3.70. The van der Waals surface area contributed by atoms with Crippen LogP contribution in [0.5, 0.6) is 0 Å². The lowest BCUT2D eigenvalue weighted by molar-refractivity contribution is 0.411. The highest BCUT2D eigenvalue weighted by atomic mass is 79.9. The van der Waals surface area contributed by atoms with Gasteiger partial charge in [0.15, 0.2) is 0 Å². The molecule has 0 N–H and O–H groups in total. The molecule has 2 aromatic rings. The molecule has 0 aliphatic heterocycles. The number of nitrogens with zero attached hydrogens (tertiary/aromatic N) is 1. The van der Waals surface area contributed by atoms with Crippen LogP contribution in [-0.4, -0.2) is 4.98 Å². The van der Waals surface area contributed by atoms with Crippen molar-refractivity contribution in [3.63, 3.8) is 0 Å². The number of aromatic nitrogens is 1. The van der Waals surface area contributed by atoms with Crippen molar-refractivity contribution in [2.75, 3.05) is 0 Å². The number of oxazole rings is 1. The molecule has 0 spiro atoms. The van der Waals surface area contributed by atoms with Gasteiger partial charge in [-0.25, -0.2) is 9.37 Å². The highest BCUT2D eigenvalue weighted by Gasteiger charge is 2.26. The lowest BCUT2D eigenvalue weighted by Crippen LogP contribution is -2.13. The van der Waals surface area contributed by atoms with Gasteiger partial charge in [-0.05, 0) is 56.2 Å². The van der Waals surface area contributed by atoms with Gasteiger partial charge in [-0.15, -0.1) is 0 Å². The Bertz CT molecular complexity index is 707. The molecule has 3 rings (SSSR count). The zero-order valence-corrected chi connectivity index (χ0v) is 14.4. The van der Waals surface area contributed by atoms with E-state index in [2.05, 4.69) is 27.0 Å². The van der Waals surface area contributed by atoms with Crippen LogP contribution in [-0.2, 0) is 6.42 Å². The fourth-order valence-corrected chi connectivity index (χ4v) is 3.74. The van der Waals surface area contributed by atoms with E-state index in [4.69, 9.17) is 4.42 Å². The van der Waals surface area contributed by atoms with Crippen LogP contribution in [0.15, 0.2) is 39.4 Å². The number of allylic oxidation sites excluding steroid dienone is 2. The molecule has 1 aromatic heterocycles. The molecule has 22 heavy (non-hydrogen) atoms. The standard InChI is InChI=1S/C18H19BrFNO/c1-11-3-4-14(9-17(11)20)7-13-5-6-15(16(19)8-13)18-21-10-12(2)22-18/h3-4,8-10,13,15H,5-7H2,1-2H3. The molecule has 116 valence electrons. The Morgan fingerprint density at radius 2 is 2.14 bits per heavy atom. The molecule has 2 nitrogen and oxygen atoms in total. The molecule has 0 bridgehead atoms. The summed E-state index contributed by atoms with van der Waals surface area (Å²) >= 11 is 3.67. The first-order chi connectivity index (χ1) is 10.5. The second-order valence-corrected chi connectivity index (χ2v) is 6.95. The maximum absolute atomic E-state index is 13.7. The van der Waals surface area contributed by atoms with Crippen molar-refractivity contribution in [1.29, 1.82) is 0 Å². The van der Waals surface area contributed by atoms with Gasteiger partial charge in [0, 0.05) is 4.48 Å². The fourth-order valence-electron chi connectivity index (χ4n) is 2.95.